The van der Waals surface area contributed by atoms with Gasteiger partial charge in [-0.3, -0.25) is 0 Å². The topological polar surface area (TPSA) is 0 Å². The van der Waals surface area contributed by atoms with E-state index in [2.05, 4.69) is 178 Å². The summed E-state index contributed by atoms with van der Waals surface area (Å²) in [6.07, 6.45) is 0. The van der Waals surface area contributed by atoms with Crippen molar-refractivity contribution in [2.45, 2.75) is 62.3 Å². The van der Waals surface area contributed by atoms with E-state index in [1.807, 2.05) is 0 Å². The summed E-state index contributed by atoms with van der Waals surface area (Å²) in [4.78, 5) is 0. The molecule has 0 aliphatic carbocycles. The Morgan fingerprint density at radius 1 is 0.326 bits per heavy atom. The van der Waals surface area contributed by atoms with Gasteiger partial charge in [0.15, 0.2) is 0 Å². The molecule has 6 aromatic rings. The summed E-state index contributed by atoms with van der Waals surface area (Å²) in [7, 11) is 0. The van der Waals surface area contributed by atoms with Gasteiger partial charge in [-0.25, -0.2) is 0 Å². The van der Waals surface area contributed by atoms with Gasteiger partial charge in [-0.05, 0) is 140 Å². The second kappa shape index (κ2) is 14.2. The molecule has 0 aliphatic heterocycles. The Balaban J connectivity index is 0.000000163. The van der Waals surface area contributed by atoms with E-state index in [1.54, 1.807) is 0 Å². The van der Waals surface area contributed by atoms with Crippen LogP contribution in [-0.2, 0) is 0 Å². The molecule has 0 heterocycles. The average Bonchev–Trinajstić information content (AvgIpc) is 3.00. The summed E-state index contributed by atoms with van der Waals surface area (Å²) in [6, 6.07) is 41.1. The van der Waals surface area contributed by atoms with Gasteiger partial charge < -0.3 is 0 Å². The molecule has 0 saturated carbocycles. The SMILES string of the molecule is Cc1cc(C)c(-c2ccccc2)c(-c2ccccc2)c1C.Cc1ccc(C)c(C)c1.Cc1ccc(C)c2c(C)cccc12. The fourth-order valence-electron chi connectivity index (χ4n) is 5.86. The van der Waals surface area contributed by atoms with Crippen molar-refractivity contribution in [2.75, 3.05) is 0 Å². The van der Waals surface area contributed by atoms with Crippen LogP contribution in [0.2, 0.25) is 0 Å². The van der Waals surface area contributed by atoms with E-state index in [1.165, 1.54) is 83.1 Å². The number of benzene rings is 6. The highest BCUT2D eigenvalue weighted by atomic mass is 14.2. The minimum absolute atomic E-state index is 1.29. The van der Waals surface area contributed by atoms with Gasteiger partial charge in [0.25, 0.3) is 0 Å². The quantitative estimate of drug-likeness (QED) is 0.197. The lowest BCUT2D eigenvalue weighted by atomic mass is 9.86. The lowest BCUT2D eigenvalue weighted by Crippen LogP contribution is -1.95. The predicted octanol–water partition coefficient (Wildman–Crippen LogP) is 12.3. The molecule has 6 rings (SSSR count). The van der Waals surface area contributed by atoms with Crippen LogP contribution in [0.25, 0.3) is 33.0 Å². The van der Waals surface area contributed by atoms with Crippen LogP contribution in [0.5, 0.6) is 0 Å². The molecule has 0 aromatic heterocycles. The van der Waals surface area contributed by atoms with Gasteiger partial charge in [0, 0.05) is 0 Å². The summed E-state index contributed by atoms with van der Waals surface area (Å²) in [6.45, 7) is 19.5. The van der Waals surface area contributed by atoms with Gasteiger partial charge >= 0.3 is 0 Å². The van der Waals surface area contributed by atoms with Crippen LogP contribution in [0.1, 0.15) is 50.1 Å². The zero-order valence-electron chi connectivity index (χ0n) is 27.5. The summed E-state index contributed by atoms with van der Waals surface area (Å²) in [5.74, 6) is 0. The molecule has 0 atom stereocenters. The molecule has 0 nitrogen and oxygen atoms in total. The third-order valence-electron chi connectivity index (χ3n) is 8.51. The third kappa shape index (κ3) is 7.51. The minimum Gasteiger partial charge on any atom is -0.0622 e. The van der Waals surface area contributed by atoms with E-state index in [9.17, 15) is 0 Å². The second-order valence-electron chi connectivity index (χ2n) is 11.9. The van der Waals surface area contributed by atoms with Crippen LogP contribution in [0.4, 0.5) is 0 Å². The fraction of sp³-hybridized carbons (Fsp3) is 0.209. The first-order valence-electron chi connectivity index (χ1n) is 15.3. The van der Waals surface area contributed by atoms with Crippen molar-refractivity contribution in [3.8, 4) is 22.3 Å². The number of aryl methyl sites for hydroxylation is 8. The van der Waals surface area contributed by atoms with Crippen LogP contribution in [0.3, 0.4) is 0 Å². The highest BCUT2D eigenvalue weighted by molar-refractivity contribution is 5.91. The number of fused-ring (bicyclic) bond motifs is 1. The van der Waals surface area contributed by atoms with Crippen molar-refractivity contribution in [1.82, 2.24) is 0 Å². The molecular weight excluding hydrogens is 516 g/mol. The minimum atomic E-state index is 1.29. The van der Waals surface area contributed by atoms with Crippen molar-refractivity contribution in [3.63, 3.8) is 0 Å². The molecule has 0 spiro atoms. The molecule has 0 heteroatoms. The van der Waals surface area contributed by atoms with E-state index >= 15 is 0 Å². The molecule has 6 aromatic carbocycles. The largest absolute Gasteiger partial charge is 0.0622 e. The Hall–Kier alpha value is -4.42. The molecular formula is C43H46. The smallest absolute Gasteiger partial charge is 0.00708 e. The molecule has 0 N–H and O–H groups in total. The Kier molecular flexibility index (Phi) is 10.4. The second-order valence-corrected chi connectivity index (χ2v) is 11.9. The first-order valence-corrected chi connectivity index (χ1v) is 15.3. The monoisotopic (exact) mass is 562 g/mol. The Labute approximate surface area is 260 Å². The molecule has 0 saturated heterocycles. The zero-order valence-corrected chi connectivity index (χ0v) is 27.5. The average molecular weight is 563 g/mol. The van der Waals surface area contributed by atoms with Crippen LogP contribution in [0.15, 0.2) is 115 Å². The molecule has 0 fully saturated rings. The summed E-state index contributed by atoms with van der Waals surface area (Å²) < 4.78 is 0. The molecule has 0 aliphatic rings. The van der Waals surface area contributed by atoms with E-state index in [-0.39, 0.29) is 0 Å². The van der Waals surface area contributed by atoms with Crippen molar-refractivity contribution in [1.29, 1.82) is 0 Å². The summed E-state index contributed by atoms with van der Waals surface area (Å²) in [5, 5.41) is 2.81. The van der Waals surface area contributed by atoms with Gasteiger partial charge in [0.1, 0.15) is 0 Å². The maximum absolute atomic E-state index is 2.30. The number of hydrogen-bond donors (Lipinski definition) is 0. The Bertz CT molecular complexity index is 1810. The van der Waals surface area contributed by atoms with Crippen LogP contribution < -0.4 is 0 Å². The van der Waals surface area contributed by atoms with Gasteiger partial charge in [-0.2, -0.15) is 0 Å². The first-order chi connectivity index (χ1) is 20.6. The molecule has 0 radical (unpaired) electrons. The van der Waals surface area contributed by atoms with E-state index in [4.69, 9.17) is 0 Å². The summed E-state index contributed by atoms with van der Waals surface area (Å²) in [5.41, 5.74) is 17.6. The van der Waals surface area contributed by atoms with Gasteiger partial charge in [0.05, 0.1) is 0 Å². The lowest BCUT2D eigenvalue weighted by Gasteiger charge is -2.18. The van der Waals surface area contributed by atoms with Gasteiger partial charge in [-0.15, -0.1) is 0 Å². The molecule has 0 bridgehead atoms. The number of rotatable bonds is 2. The van der Waals surface area contributed by atoms with Crippen molar-refractivity contribution in [3.05, 3.63) is 165 Å². The number of hydrogen-bond acceptors (Lipinski definition) is 0. The maximum atomic E-state index is 2.30. The maximum Gasteiger partial charge on any atom is -0.00708 e. The lowest BCUT2D eigenvalue weighted by molar-refractivity contribution is 1.30. The highest BCUT2D eigenvalue weighted by Gasteiger charge is 2.14. The van der Waals surface area contributed by atoms with Crippen LogP contribution in [0, 0.1) is 62.3 Å². The molecule has 43 heavy (non-hydrogen) atoms. The standard InChI is InChI=1S/C21H20.C13H14.C9H12/c1-15-14-16(2)20(18-10-6-4-7-11-18)21(17(15)3)19-12-8-5-9-13-19;1-9-7-8-11(3)13-10(2)5-4-6-12(9)13;1-7-4-5-8(2)9(3)6-7/h4-14H,1-3H3;4-8H,1-3H3;4-6H,1-3H3. The molecule has 218 valence electrons. The van der Waals surface area contributed by atoms with E-state index in [0.29, 0.717) is 0 Å². The van der Waals surface area contributed by atoms with Crippen molar-refractivity contribution < 1.29 is 0 Å². The van der Waals surface area contributed by atoms with E-state index < -0.39 is 0 Å². The van der Waals surface area contributed by atoms with Crippen LogP contribution >= 0.6 is 0 Å². The molecule has 0 amide bonds. The Morgan fingerprint density at radius 3 is 1.42 bits per heavy atom. The normalized spacial score (nSPS) is 10.4. The van der Waals surface area contributed by atoms with E-state index in [0.717, 1.165) is 0 Å². The van der Waals surface area contributed by atoms with Crippen LogP contribution in [-0.4, -0.2) is 0 Å². The van der Waals surface area contributed by atoms with Crippen molar-refractivity contribution in [2.24, 2.45) is 0 Å². The van der Waals surface area contributed by atoms with Gasteiger partial charge in [-0.1, -0.05) is 121 Å². The fourth-order valence-corrected chi connectivity index (χ4v) is 5.86. The Morgan fingerprint density at radius 2 is 0.860 bits per heavy atom. The highest BCUT2D eigenvalue weighted by Crippen LogP contribution is 2.38. The summed E-state index contributed by atoms with van der Waals surface area (Å²) >= 11 is 0. The zero-order chi connectivity index (χ0) is 31.1. The first kappa shape index (κ1) is 31.5. The third-order valence-corrected chi connectivity index (χ3v) is 8.51. The molecule has 0 unspecified atom stereocenters. The van der Waals surface area contributed by atoms with Gasteiger partial charge in [0.2, 0.25) is 0 Å². The van der Waals surface area contributed by atoms with Crippen molar-refractivity contribution >= 4 is 10.8 Å². The predicted molar refractivity (Wildman–Crippen MR) is 190 cm³/mol.